The van der Waals surface area contributed by atoms with E-state index in [1.54, 1.807) is 21.8 Å². The van der Waals surface area contributed by atoms with Gasteiger partial charge in [0, 0.05) is 18.5 Å². The second-order valence-corrected chi connectivity index (χ2v) is 12.8. The Bertz CT molecular complexity index is 1140. The van der Waals surface area contributed by atoms with Gasteiger partial charge in [0.15, 0.2) is 0 Å². The average molecular weight is 545 g/mol. The summed E-state index contributed by atoms with van der Waals surface area (Å²) in [5.74, 6) is 0.141. The maximum Gasteiger partial charge on any atom is 0.410 e. The monoisotopic (exact) mass is 544 g/mol. The molecule has 1 atom stereocenters. The third-order valence-corrected chi connectivity index (χ3v) is 8.84. The number of nitrogens with one attached hydrogen (secondary N) is 1. The van der Waals surface area contributed by atoms with Crippen molar-refractivity contribution in [2.24, 2.45) is 17.6 Å². The molecule has 2 aliphatic rings. The molecule has 11 heteroatoms. The lowest BCUT2D eigenvalue weighted by Gasteiger charge is -2.41. The number of hydrogen-bond donors (Lipinski definition) is 2. The van der Waals surface area contributed by atoms with Crippen molar-refractivity contribution >= 4 is 29.2 Å². The molecule has 3 N–H and O–H groups in total. The molecule has 10 nitrogen and oxygen atoms in total. The Labute approximate surface area is 228 Å². The van der Waals surface area contributed by atoms with E-state index >= 15 is 0 Å². The average Bonchev–Trinajstić information content (AvgIpc) is 3.56. The van der Waals surface area contributed by atoms with Crippen LogP contribution in [0, 0.1) is 11.8 Å². The standard InChI is InChI=1S/C27H40N6O4S/c1-18-6-8-20(9-7-18)26(5,29-22(34)19-10-15-38-17-19)21-16-33(31-30-21)27(23(28)35)11-13-32(14-12-27)24(36)37-25(2,3)4/h10,15-18,20H,6-9,11-14H2,1-5H3,(H2,28,35)(H,29,34)/t18-,20-,26-/m0/s1. The Hall–Kier alpha value is -2.95. The summed E-state index contributed by atoms with van der Waals surface area (Å²) in [6, 6.07) is 1.81. The highest BCUT2D eigenvalue weighted by Gasteiger charge is 2.47. The second-order valence-electron chi connectivity index (χ2n) is 12.0. The van der Waals surface area contributed by atoms with Crippen LogP contribution < -0.4 is 11.1 Å². The molecule has 0 unspecified atom stereocenters. The fourth-order valence-electron chi connectivity index (χ4n) is 5.60. The summed E-state index contributed by atoms with van der Waals surface area (Å²) in [5.41, 5.74) is 4.67. The predicted octanol–water partition coefficient (Wildman–Crippen LogP) is 4.02. The Morgan fingerprint density at radius 1 is 1.13 bits per heavy atom. The number of carbonyl (C=O) groups excluding carboxylic acids is 3. The second kappa shape index (κ2) is 10.7. The van der Waals surface area contributed by atoms with Crippen LogP contribution in [0.4, 0.5) is 4.79 Å². The number of nitrogens with two attached hydrogens (primary N) is 1. The van der Waals surface area contributed by atoms with E-state index in [1.807, 2.05) is 38.5 Å². The van der Waals surface area contributed by atoms with Crippen molar-refractivity contribution in [3.8, 4) is 0 Å². The van der Waals surface area contributed by atoms with Gasteiger partial charge in [0.1, 0.15) is 16.8 Å². The van der Waals surface area contributed by atoms with E-state index in [0.717, 1.165) is 25.7 Å². The summed E-state index contributed by atoms with van der Waals surface area (Å²) in [6.07, 6.45) is 6.01. The zero-order valence-corrected chi connectivity index (χ0v) is 23.8. The predicted molar refractivity (Wildman–Crippen MR) is 144 cm³/mol. The molecule has 208 valence electrons. The molecule has 0 bridgehead atoms. The van der Waals surface area contributed by atoms with Crippen molar-refractivity contribution in [3.63, 3.8) is 0 Å². The Morgan fingerprint density at radius 2 is 1.79 bits per heavy atom. The first-order valence-electron chi connectivity index (χ1n) is 13.4. The number of hydrogen-bond acceptors (Lipinski definition) is 7. The molecule has 4 rings (SSSR count). The minimum absolute atomic E-state index is 0.155. The topological polar surface area (TPSA) is 132 Å². The summed E-state index contributed by atoms with van der Waals surface area (Å²) in [7, 11) is 0. The van der Waals surface area contributed by atoms with Crippen LogP contribution in [-0.4, -0.2) is 56.5 Å². The Kier molecular flexibility index (Phi) is 7.88. The summed E-state index contributed by atoms with van der Waals surface area (Å²) < 4.78 is 7.05. The molecule has 1 aliphatic carbocycles. The van der Waals surface area contributed by atoms with Gasteiger partial charge in [-0.05, 0) is 76.7 Å². The van der Waals surface area contributed by atoms with E-state index in [0.29, 0.717) is 43.1 Å². The number of piperidine rings is 1. The molecular formula is C27H40N6O4S. The number of nitrogens with zero attached hydrogens (tertiary/aromatic N) is 4. The number of likely N-dealkylation sites (tertiary alicyclic amines) is 1. The molecule has 2 fully saturated rings. The molecule has 2 aromatic rings. The first-order valence-corrected chi connectivity index (χ1v) is 14.3. The van der Waals surface area contributed by atoms with Crippen molar-refractivity contribution in [2.45, 2.75) is 89.8 Å². The van der Waals surface area contributed by atoms with Gasteiger partial charge in [-0.2, -0.15) is 11.3 Å². The van der Waals surface area contributed by atoms with E-state index in [-0.39, 0.29) is 11.8 Å². The molecule has 0 aromatic carbocycles. The van der Waals surface area contributed by atoms with E-state index in [1.165, 1.54) is 11.3 Å². The molecule has 1 saturated heterocycles. The van der Waals surface area contributed by atoms with Crippen LogP contribution >= 0.6 is 11.3 Å². The highest BCUT2D eigenvalue weighted by molar-refractivity contribution is 7.08. The Morgan fingerprint density at radius 3 is 2.34 bits per heavy atom. The van der Waals surface area contributed by atoms with Gasteiger partial charge in [-0.15, -0.1) is 5.10 Å². The van der Waals surface area contributed by atoms with Crippen LogP contribution in [0.3, 0.4) is 0 Å². The summed E-state index contributed by atoms with van der Waals surface area (Å²) >= 11 is 1.47. The van der Waals surface area contributed by atoms with E-state index < -0.39 is 28.7 Å². The van der Waals surface area contributed by atoms with Gasteiger partial charge in [0.2, 0.25) is 5.91 Å². The highest BCUT2D eigenvalue weighted by atomic mass is 32.1. The molecule has 38 heavy (non-hydrogen) atoms. The molecule has 1 aliphatic heterocycles. The molecule has 2 aromatic heterocycles. The van der Waals surface area contributed by atoms with Crippen molar-refractivity contribution in [3.05, 3.63) is 34.3 Å². The van der Waals surface area contributed by atoms with Crippen LogP contribution in [0.2, 0.25) is 0 Å². The lowest BCUT2D eigenvalue weighted by Crippen LogP contribution is -2.55. The third kappa shape index (κ3) is 5.72. The maximum absolute atomic E-state index is 13.2. The first-order chi connectivity index (χ1) is 17.8. The van der Waals surface area contributed by atoms with Gasteiger partial charge < -0.3 is 20.7 Å². The van der Waals surface area contributed by atoms with Crippen LogP contribution in [0.1, 0.15) is 89.2 Å². The van der Waals surface area contributed by atoms with Crippen LogP contribution in [-0.2, 0) is 20.6 Å². The van der Waals surface area contributed by atoms with Crippen molar-refractivity contribution in [2.75, 3.05) is 13.1 Å². The van der Waals surface area contributed by atoms with E-state index in [4.69, 9.17) is 10.5 Å². The first kappa shape index (κ1) is 28.1. The SMILES string of the molecule is CC(C)(C)OC(=O)N1CCC(C(N)=O)(n2cc([C@@](C)(NC(=O)c3ccsc3)[C@H]3CC[C@H](C)CC3)nn2)CC1. The molecule has 0 spiro atoms. The molecule has 0 radical (unpaired) electrons. The lowest BCUT2D eigenvalue weighted by atomic mass is 9.71. The molecular weight excluding hydrogens is 504 g/mol. The minimum atomic E-state index is -1.12. The quantitative estimate of drug-likeness (QED) is 0.564. The zero-order chi connectivity index (χ0) is 27.7. The fourth-order valence-corrected chi connectivity index (χ4v) is 6.24. The van der Waals surface area contributed by atoms with Crippen LogP contribution in [0.15, 0.2) is 23.0 Å². The lowest BCUT2D eigenvalue weighted by molar-refractivity contribution is -0.129. The smallest absolute Gasteiger partial charge is 0.410 e. The van der Waals surface area contributed by atoms with Gasteiger partial charge in [-0.1, -0.05) is 25.0 Å². The molecule has 3 amide bonds. The van der Waals surface area contributed by atoms with Gasteiger partial charge >= 0.3 is 6.09 Å². The number of thiophene rings is 1. The fraction of sp³-hybridized carbons (Fsp3) is 0.667. The number of aromatic nitrogens is 3. The summed E-state index contributed by atoms with van der Waals surface area (Å²) in [5, 5.41) is 15.9. The number of carbonyl (C=O) groups is 3. The highest BCUT2D eigenvalue weighted by Crippen LogP contribution is 2.41. The largest absolute Gasteiger partial charge is 0.444 e. The molecule has 1 saturated carbocycles. The zero-order valence-electron chi connectivity index (χ0n) is 23.0. The van der Waals surface area contributed by atoms with Crippen molar-refractivity contribution in [1.82, 2.24) is 25.2 Å². The summed E-state index contributed by atoms with van der Waals surface area (Å²) in [6.45, 7) is 10.3. The third-order valence-electron chi connectivity index (χ3n) is 8.15. The number of rotatable bonds is 6. The van der Waals surface area contributed by atoms with Crippen LogP contribution in [0.5, 0.6) is 0 Å². The summed E-state index contributed by atoms with van der Waals surface area (Å²) in [4.78, 5) is 40.2. The van der Waals surface area contributed by atoms with E-state index in [9.17, 15) is 14.4 Å². The maximum atomic E-state index is 13.2. The minimum Gasteiger partial charge on any atom is -0.444 e. The van der Waals surface area contributed by atoms with Gasteiger partial charge in [-0.3, -0.25) is 9.59 Å². The van der Waals surface area contributed by atoms with E-state index in [2.05, 4.69) is 22.6 Å². The van der Waals surface area contributed by atoms with Gasteiger partial charge in [0.25, 0.3) is 5.91 Å². The van der Waals surface area contributed by atoms with Gasteiger partial charge in [-0.25, -0.2) is 9.48 Å². The Balaban J connectivity index is 1.60. The number of amides is 3. The van der Waals surface area contributed by atoms with Crippen molar-refractivity contribution in [1.29, 1.82) is 0 Å². The van der Waals surface area contributed by atoms with Crippen LogP contribution in [0.25, 0.3) is 0 Å². The number of primary amides is 1. The van der Waals surface area contributed by atoms with Crippen molar-refractivity contribution < 1.29 is 19.1 Å². The normalized spacial score (nSPS) is 23.3. The van der Waals surface area contributed by atoms with Gasteiger partial charge in [0.05, 0.1) is 17.3 Å². The molecule has 3 heterocycles. The number of ether oxygens (including phenoxy) is 1.